The number of para-hydroxylation sites is 1. The maximum Gasteiger partial charge on any atom is 0.288 e. The van der Waals surface area contributed by atoms with E-state index in [1.54, 1.807) is 0 Å². The lowest BCUT2D eigenvalue weighted by Gasteiger charge is -2.35. The molecule has 6 nitrogen and oxygen atoms in total. The Kier molecular flexibility index (Phi) is 5.05. The number of hydrogen-bond donors (Lipinski definition) is 0. The minimum atomic E-state index is -0.0547. The van der Waals surface area contributed by atoms with Crippen LogP contribution in [0.1, 0.15) is 28.3 Å². The second-order valence-electron chi connectivity index (χ2n) is 6.96. The zero-order chi connectivity index (χ0) is 18.8. The molecule has 1 aliphatic heterocycles. The quantitative estimate of drug-likeness (QED) is 0.695. The number of aromatic nitrogens is 3. The van der Waals surface area contributed by atoms with Crippen molar-refractivity contribution in [2.45, 2.75) is 25.8 Å². The van der Waals surface area contributed by atoms with Crippen LogP contribution in [0.5, 0.6) is 0 Å². The fraction of sp³-hybridized carbons (Fsp3) is 0.350. The predicted octanol–water partition coefficient (Wildman–Crippen LogP) is 3.38. The van der Waals surface area contributed by atoms with Crippen LogP contribution in [0.3, 0.4) is 0 Å². The van der Waals surface area contributed by atoms with E-state index in [4.69, 9.17) is 5.10 Å². The van der Waals surface area contributed by atoms with Crippen molar-refractivity contribution in [3.8, 4) is 5.69 Å². The molecule has 0 N–H and O–H groups in total. The molecule has 140 valence electrons. The van der Waals surface area contributed by atoms with Gasteiger partial charge in [0.1, 0.15) is 0 Å². The van der Waals surface area contributed by atoms with Crippen LogP contribution in [0.4, 0.5) is 5.82 Å². The van der Waals surface area contributed by atoms with Crippen molar-refractivity contribution in [2.24, 2.45) is 0 Å². The summed E-state index contributed by atoms with van der Waals surface area (Å²) in [5, 5.41) is 7.16. The standard InChI is InChI=1S/C20H23N5OS/c1-15-14-27-19(21-15)20(26)25(17-8-11-23(2)12-9-17)18-10-13-24(22-18)16-6-4-3-5-7-16/h3-7,10,13-14,17H,8-9,11-12H2,1-2H3. The Hall–Kier alpha value is -2.51. The van der Waals surface area contributed by atoms with Crippen LogP contribution in [-0.2, 0) is 0 Å². The fourth-order valence-electron chi connectivity index (χ4n) is 3.43. The van der Waals surface area contributed by atoms with Crippen LogP contribution in [0, 0.1) is 6.92 Å². The minimum Gasteiger partial charge on any atom is -0.306 e. The van der Waals surface area contributed by atoms with Gasteiger partial charge in [0.2, 0.25) is 0 Å². The minimum absolute atomic E-state index is 0.0547. The smallest absolute Gasteiger partial charge is 0.288 e. The van der Waals surface area contributed by atoms with Gasteiger partial charge < -0.3 is 4.90 Å². The molecule has 1 aliphatic rings. The maximum absolute atomic E-state index is 13.3. The highest BCUT2D eigenvalue weighted by Gasteiger charge is 2.31. The summed E-state index contributed by atoms with van der Waals surface area (Å²) in [6.45, 7) is 3.87. The van der Waals surface area contributed by atoms with Crippen molar-refractivity contribution in [2.75, 3.05) is 25.0 Å². The number of carbonyl (C=O) groups is 1. The lowest BCUT2D eigenvalue weighted by Crippen LogP contribution is -2.47. The molecule has 0 aliphatic carbocycles. The number of thiazole rings is 1. The first-order chi connectivity index (χ1) is 13.1. The van der Waals surface area contributed by atoms with Gasteiger partial charge in [-0.25, -0.2) is 9.67 Å². The molecular formula is C20H23N5OS. The number of aryl methyl sites for hydroxylation is 1. The first kappa shape index (κ1) is 17.9. The van der Waals surface area contributed by atoms with Gasteiger partial charge in [-0.3, -0.25) is 9.69 Å². The van der Waals surface area contributed by atoms with Crippen molar-refractivity contribution in [3.05, 3.63) is 58.7 Å². The van der Waals surface area contributed by atoms with Gasteiger partial charge in [0.25, 0.3) is 5.91 Å². The number of piperidine rings is 1. The van der Waals surface area contributed by atoms with E-state index in [0.717, 1.165) is 37.3 Å². The van der Waals surface area contributed by atoms with Gasteiger partial charge >= 0.3 is 0 Å². The number of likely N-dealkylation sites (tertiary alicyclic amines) is 1. The Balaban J connectivity index is 1.67. The van der Waals surface area contributed by atoms with Gasteiger partial charge in [0.15, 0.2) is 10.8 Å². The summed E-state index contributed by atoms with van der Waals surface area (Å²) in [6, 6.07) is 12.0. The summed E-state index contributed by atoms with van der Waals surface area (Å²) >= 11 is 1.40. The molecule has 3 heterocycles. The van der Waals surface area contributed by atoms with Crippen LogP contribution in [-0.4, -0.2) is 51.8 Å². The molecule has 0 spiro atoms. The lowest BCUT2D eigenvalue weighted by atomic mass is 10.0. The fourth-order valence-corrected chi connectivity index (χ4v) is 4.16. The molecule has 4 rings (SSSR count). The summed E-state index contributed by atoms with van der Waals surface area (Å²) in [7, 11) is 2.12. The monoisotopic (exact) mass is 381 g/mol. The van der Waals surface area contributed by atoms with Crippen LogP contribution in [0.15, 0.2) is 48.0 Å². The number of benzene rings is 1. The summed E-state index contributed by atoms with van der Waals surface area (Å²) in [4.78, 5) is 21.9. The van der Waals surface area contributed by atoms with Crippen molar-refractivity contribution in [1.29, 1.82) is 0 Å². The summed E-state index contributed by atoms with van der Waals surface area (Å²) in [6.07, 6.45) is 3.78. The Morgan fingerprint density at radius 3 is 2.59 bits per heavy atom. The van der Waals surface area contributed by atoms with E-state index in [2.05, 4.69) is 16.9 Å². The normalized spacial score (nSPS) is 15.8. The molecular weight excluding hydrogens is 358 g/mol. The third kappa shape index (κ3) is 3.79. The molecule has 0 saturated carbocycles. The van der Waals surface area contributed by atoms with E-state index < -0.39 is 0 Å². The van der Waals surface area contributed by atoms with Crippen LogP contribution in [0.25, 0.3) is 5.69 Å². The number of anilines is 1. The highest BCUT2D eigenvalue weighted by Crippen LogP contribution is 2.26. The van der Waals surface area contributed by atoms with E-state index in [1.165, 1.54) is 11.3 Å². The zero-order valence-electron chi connectivity index (χ0n) is 15.6. The molecule has 2 aromatic heterocycles. The summed E-state index contributed by atoms with van der Waals surface area (Å²) in [5.74, 6) is 0.632. The lowest BCUT2D eigenvalue weighted by molar-refractivity contribution is 0.0962. The van der Waals surface area contributed by atoms with E-state index in [1.807, 2.05) is 64.5 Å². The largest absolute Gasteiger partial charge is 0.306 e. The molecule has 0 radical (unpaired) electrons. The average Bonchev–Trinajstić information content (AvgIpc) is 3.34. The number of carbonyl (C=O) groups excluding carboxylic acids is 1. The van der Waals surface area contributed by atoms with Crippen molar-refractivity contribution in [3.63, 3.8) is 0 Å². The van der Waals surface area contributed by atoms with Gasteiger partial charge in [0, 0.05) is 29.4 Å². The Labute approximate surface area is 163 Å². The maximum atomic E-state index is 13.3. The third-order valence-electron chi connectivity index (χ3n) is 4.92. The Morgan fingerprint density at radius 1 is 1.19 bits per heavy atom. The molecule has 0 bridgehead atoms. The van der Waals surface area contributed by atoms with Crippen molar-refractivity contribution in [1.82, 2.24) is 19.7 Å². The topological polar surface area (TPSA) is 54.3 Å². The van der Waals surface area contributed by atoms with Crippen molar-refractivity contribution >= 4 is 23.1 Å². The number of nitrogens with zero attached hydrogens (tertiary/aromatic N) is 5. The molecule has 1 aromatic carbocycles. The van der Waals surface area contributed by atoms with Gasteiger partial charge in [-0.1, -0.05) is 18.2 Å². The van der Waals surface area contributed by atoms with Crippen LogP contribution >= 0.6 is 11.3 Å². The molecule has 1 saturated heterocycles. The Bertz CT molecular complexity index is 911. The third-order valence-corrected chi connectivity index (χ3v) is 5.86. The van der Waals surface area contributed by atoms with E-state index >= 15 is 0 Å². The van der Waals surface area contributed by atoms with E-state index in [-0.39, 0.29) is 11.9 Å². The summed E-state index contributed by atoms with van der Waals surface area (Å²) in [5.41, 5.74) is 1.85. The second kappa shape index (κ2) is 7.62. The second-order valence-corrected chi connectivity index (χ2v) is 7.82. The molecule has 0 unspecified atom stereocenters. The van der Waals surface area contributed by atoms with E-state index in [9.17, 15) is 4.79 Å². The van der Waals surface area contributed by atoms with Gasteiger partial charge in [0.05, 0.1) is 5.69 Å². The van der Waals surface area contributed by atoms with Crippen LogP contribution in [0.2, 0.25) is 0 Å². The highest BCUT2D eigenvalue weighted by molar-refractivity contribution is 7.11. The van der Waals surface area contributed by atoms with Crippen LogP contribution < -0.4 is 4.90 Å². The average molecular weight is 382 g/mol. The molecule has 1 fully saturated rings. The summed E-state index contributed by atoms with van der Waals surface area (Å²) < 4.78 is 1.82. The molecule has 0 atom stereocenters. The van der Waals surface area contributed by atoms with Gasteiger partial charge in [-0.15, -0.1) is 16.4 Å². The van der Waals surface area contributed by atoms with E-state index in [0.29, 0.717) is 10.8 Å². The SMILES string of the molecule is Cc1csc(C(=O)N(c2ccn(-c3ccccc3)n2)C2CCN(C)CC2)n1. The first-order valence-electron chi connectivity index (χ1n) is 9.17. The predicted molar refractivity (Wildman–Crippen MR) is 108 cm³/mol. The number of rotatable bonds is 4. The van der Waals surface area contributed by atoms with Gasteiger partial charge in [-0.2, -0.15) is 0 Å². The zero-order valence-corrected chi connectivity index (χ0v) is 16.4. The highest BCUT2D eigenvalue weighted by atomic mass is 32.1. The number of amides is 1. The van der Waals surface area contributed by atoms with Crippen molar-refractivity contribution < 1.29 is 4.79 Å². The first-order valence-corrected chi connectivity index (χ1v) is 10.0. The molecule has 27 heavy (non-hydrogen) atoms. The molecule has 1 amide bonds. The number of hydrogen-bond acceptors (Lipinski definition) is 5. The van der Waals surface area contributed by atoms with Gasteiger partial charge in [-0.05, 0) is 52.0 Å². The molecule has 7 heteroatoms. The Morgan fingerprint density at radius 2 is 1.93 bits per heavy atom. The molecule has 3 aromatic rings.